The average molecular weight is 385 g/mol. The summed E-state index contributed by atoms with van der Waals surface area (Å²) < 4.78 is 0. The van der Waals surface area contributed by atoms with E-state index < -0.39 is 0 Å². The number of rotatable bonds is 0. The minimum atomic E-state index is 1.04. The first-order chi connectivity index (χ1) is 13.4. The Balaban J connectivity index is 0.000000393. The van der Waals surface area contributed by atoms with Crippen molar-refractivity contribution >= 4 is 0 Å². The predicted molar refractivity (Wildman–Crippen MR) is 129 cm³/mol. The van der Waals surface area contributed by atoms with Crippen LogP contribution in [0.2, 0.25) is 0 Å². The molecule has 0 aliphatic heterocycles. The molecule has 2 aliphatic carbocycles. The molecule has 0 heteroatoms. The summed E-state index contributed by atoms with van der Waals surface area (Å²) in [6.07, 6.45) is 14.9. The second-order valence-corrected chi connectivity index (χ2v) is 8.64. The van der Waals surface area contributed by atoms with Crippen molar-refractivity contribution in [1.29, 1.82) is 0 Å². The van der Waals surface area contributed by atoms with E-state index >= 15 is 0 Å². The molecule has 2 aliphatic rings. The Morgan fingerprint density at radius 2 is 1.04 bits per heavy atom. The van der Waals surface area contributed by atoms with Gasteiger partial charge in [-0.25, -0.2) is 0 Å². The van der Waals surface area contributed by atoms with E-state index in [2.05, 4.69) is 58.6 Å². The molecule has 28 heavy (non-hydrogen) atoms. The van der Waals surface area contributed by atoms with Crippen molar-refractivity contribution < 1.29 is 0 Å². The zero-order chi connectivity index (χ0) is 21.4. The van der Waals surface area contributed by atoms with E-state index in [1.807, 2.05) is 20.8 Å². The van der Waals surface area contributed by atoms with Crippen molar-refractivity contribution in [2.75, 3.05) is 0 Å². The Kier molecular flexibility index (Phi) is 16.0. The van der Waals surface area contributed by atoms with Gasteiger partial charge >= 0.3 is 0 Å². The van der Waals surface area contributed by atoms with Gasteiger partial charge in [-0.2, -0.15) is 0 Å². The molecule has 0 heterocycles. The van der Waals surface area contributed by atoms with Gasteiger partial charge in [-0.15, -0.1) is 5.92 Å². The number of hydrogen-bond acceptors (Lipinski definition) is 0. The Morgan fingerprint density at radius 3 is 1.29 bits per heavy atom. The molecule has 1 aromatic rings. The molecular weight excluding hydrogens is 336 g/mol. The highest BCUT2D eigenvalue weighted by atomic mass is 14.1. The fourth-order valence-electron chi connectivity index (χ4n) is 4.12. The first kappa shape index (κ1) is 26.8. The van der Waals surface area contributed by atoms with Gasteiger partial charge in [-0.3, -0.25) is 0 Å². The van der Waals surface area contributed by atoms with Crippen molar-refractivity contribution in [3.63, 3.8) is 0 Å². The smallest absolute Gasteiger partial charge is 0.0303 e. The molecule has 0 nitrogen and oxygen atoms in total. The fourth-order valence-corrected chi connectivity index (χ4v) is 4.12. The predicted octanol–water partition coefficient (Wildman–Crippen LogP) is 9.18. The second kappa shape index (κ2) is 16.7. The van der Waals surface area contributed by atoms with Gasteiger partial charge in [0.15, 0.2) is 0 Å². The van der Waals surface area contributed by atoms with Gasteiger partial charge in [0, 0.05) is 5.56 Å². The molecule has 0 spiro atoms. The van der Waals surface area contributed by atoms with Crippen molar-refractivity contribution in [3.05, 3.63) is 34.4 Å². The van der Waals surface area contributed by atoms with Gasteiger partial charge in [0.25, 0.3) is 0 Å². The van der Waals surface area contributed by atoms with Crippen LogP contribution in [0.4, 0.5) is 0 Å². The molecule has 0 bridgehead atoms. The number of aryl methyl sites for hydroxylation is 3. The van der Waals surface area contributed by atoms with Crippen LogP contribution in [0.1, 0.15) is 121 Å². The largest absolute Gasteiger partial charge is 0.101 e. The van der Waals surface area contributed by atoms with Gasteiger partial charge in [-0.1, -0.05) is 116 Å². The first-order valence-corrected chi connectivity index (χ1v) is 11.9. The van der Waals surface area contributed by atoms with E-state index in [1.54, 1.807) is 0 Å². The van der Waals surface area contributed by atoms with Gasteiger partial charge in [-0.05, 0) is 50.7 Å². The van der Waals surface area contributed by atoms with Crippen LogP contribution in [0, 0.1) is 44.4 Å². The third kappa shape index (κ3) is 12.3. The fraction of sp³-hybridized carbons (Fsp3) is 0.714. The number of benzene rings is 1. The molecule has 160 valence electrons. The third-order valence-electron chi connectivity index (χ3n) is 5.71. The topological polar surface area (TPSA) is 0 Å². The summed E-state index contributed by atoms with van der Waals surface area (Å²) in [7, 11) is 0. The monoisotopic (exact) mass is 384 g/mol. The Morgan fingerprint density at radius 1 is 0.679 bits per heavy atom. The summed E-state index contributed by atoms with van der Waals surface area (Å²) in [5.74, 6) is 8.13. The maximum atomic E-state index is 3.12. The van der Waals surface area contributed by atoms with Crippen LogP contribution in [-0.2, 0) is 0 Å². The van der Waals surface area contributed by atoms with Gasteiger partial charge < -0.3 is 0 Å². The van der Waals surface area contributed by atoms with Crippen molar-refractivity contribution in [3.8, 4) is 11.8 Å². The average Bonchev–Trinajstić information content (AvgIpc) is 2.68. The zero-order valence-corrected chi connectivity index (χ0v) is 20.4. The summed E-state index contributed by atoms with van der Waals surface area (Å²) >= 11 is 0. The van der Waals surface area contributed by atoms with Crippen LogP contribution in [-0.4, -0.2) is 0 Å². The minimum absolute atomic E-state index is 1.04. The molecule has 0 aromatic heterocycles. The van der Waals surface area contributed by atoms with Crippen LogP contribution in [0.3, 0.4) is 0 Å². The summed E-state index contributed by atoms with van der Waals surface area (Å²) in [4.78, 5) is 0. The standard InChI is InChI=1S/C12H14.2C7H14.C2H6/c1-5-6-12-10(3)7-9(2)8-11(12)4;2*1-7-5-3-2-4-6-7;1-2/h7-8H,1-4H3;2*7H,2-6H2,1H3;1-2H3. The van der Waals surface area contributed by atoms with E-state index in [-0.39, 0.29) is 0 Å². The molecule has 1 aromatic carbocycles. The van der Waals surface area contributed by atoms with E-state index in [4.69, 9.17) is 0 Å². The third-order valence-corrected chi connectivity index (χ3v) is 5.71. The highest BCUT2D eigenvalue weighted by molar-refractivity contribution is 5.47. The van der Waals surface area contributed by atoms with Gasteiger partial charge in [0.1, 0.15) is 0 Å². The lowest BCUT2D eigenvalue weighted by Gasteiger charge is -2.15. The molecule has 3 rings (SSSR count). The van der Waals surface area contributed by atoms with Gasteiger partial charge in [0.05, 0.1) is 0 Å². The normalized spacial score (nSPS) is 16.7. The lowest BCUT2D eigenvalue weighted by molar-refractivity contribution is 0.385. The van der Waals surface area contributed by atoms with E-state index in [1.165, 1.54) is 86.5 Å². The van der Waals surface area contributed by atoms with Crippen LogP contribution < -0.4 is 0 Å². The van der Waals surface area contributed by atoms with Gasteiger partial charge in [0.2, 0.25) is 0 Å². The summed E-state index contributed by atoms with van der Waals surface area (Å²) in [5.41, 5.74) is 5.05. The van der Waals surface area contributed by atoms with Crippen LogP contribution >= 0.6 is 0 Å². The van der Waals surface area contributed by atoms with Crippen LogP contribution in [0.25, 0.3) is 0 Å². The Labute approximate surface area is 177 Å². The quantitative estimate of drug-likeness (QED) is 0.391. The molecule has 2 fully saturated rings. The summed E-state index contributed by atoms with van der Waals surface area (Å²) in [5, 5.41) is 0. The molecule has 2 saturated carbocycles. The maximum absolute atomic E-state index is 3.12. The van der Waals surface area contributed by atoms with Crippen molar-refractivity contribution in [2.24, 2.45) is 11.8 Å². The maximum Gasteiger partial charge on any atom is 0.0303 e. The first-order valence-electron chi connectivity index (χ1n) is 11.9. The molecule has 0 radical (unpaired) electrons. The zero-order valence-electron chi connectivity index (χ0n) is 20.4. The highest BCUT2D eigenvalue weighted by Crippen LogP contribution is 2.22. The summed E-state index contributed by atoms with van der Waals surface area (Å²) in [6.45, 7) is 16.9. The lowest BCUT2D eigenvalue weighted by atomic mass is 9.91. The second-order valence-electron chi connectivity index (χ2n) is 8.64. The van der Waals surface area contributed by atoms with Crippen molar-refractivity contribution in [1.82, 2.24) is 0 Å². The number of hydrogen-bond donors (Lipinski definition) is 0. The molecule has 0 unspecified atom stereocenters. The molecule has 0 saturated heterocycles. The van der Waals surface area contributed by atoms with Crippen molar-refractivity contribution in [2.45, 2.75) is 120 Å². The lowest BCUT2D eigenvalue weighted by Crippen LogP contribution is -1.99. The van der Waals surface area contributed by atoms with E-state index in [0.717, 1.165) is 11.8 Å². The molecule has 0 amide bonds. The summed E-state index contributed by atoms with van der Waals surface area (Å²) in [6, 6.07) is 4.35. The Bertz CT molecular complexity index is 518. The van der Waals surface area contributed by atoms with E-state index in [0.29, 0.717) is 0 Å². The van der Waals surface area contributed by atoms with Crippen LogP contribution in [0.5, 0.6) is 0 Å². The minimum Gasteiger partial charge on any atom is -0.101 e. The highest BCUT2D eigenvalue weighted by Gasteiger charge is 2.06. The Hall–Kier alpha value is -1.22. The molecule has 0 N–H and O–H groups in total. The SMILES string of the molecule is CC.CC#Cc1c(C)cc(C)cc1C.CC1CCCCC1.CC1CCCCC1. The van der Waals surface area contributed by atoms with E-state index in [9.17, 15) is 0 Å². The molecule has 0 atom stereocenters. The van der Waals surface area contributed by atoms with Crippen LogP contribution in [0.15, 0.2) is 12.1 Å². The molecular formula is C28H48.